The van der Waals surface area contributed by atoms with Gasteiger partial charge in [0.15, 0.2) is 5.96 Å². The SMILES string of the molecule is CCNC(=NCCCN(C)c1ccccc1)NC(C)CCS(C)(=O)=O. The van der Waals surface area contributed by atoms with Gasteiger partial charge in [0.25, 0.3) is 0 Å². The van der Waals surface area contributed by atoms with E-state index in [1.165, 1.54) is 11.9 Å². The van der Waals surface area contributed by atoms with E-state index in [1.54, 1.807) is 0 Å². The van der Waals surface area contributed by atoms with Crippen LogP contribution >= 0.6 is 0 Å². The van der Waals surface area contributed by atoms with E-state index in [-0.39, 0.29) is 11.8 Å². The molecule has 0 spiro atoms. The Morgan fingerprint density at radius 1 is 1.28 bits per heavy atom. The molecule has 0 heterocycles. The van der Waals surface area contributed by atoms with Gasteiger partial charge in [-0.3, -0.25) is 4.99 Å². The molecule has 0 radical (unpaired) electrons. The van der Waals surface area contributed by atoms with Crippen molar-refractivity contribution in [2.75, 3.05) is 43.6 Å². The van der Waals surface area contributed by atoms with E-state index in [9.17, 15) is 8.42 Å². The standard InChI is InChI=1S/C18H32N4O2S/c1-5-19-18(21-16(2)12-15-25(4,23)24)20-13-9-14-22(3)17-10-7-6-8-11-17/h6-8,10-11,16H,5,9,12-15H2,1-4H3,(H2,19,20,21). The quantitative estimate of drug-likeness (QED) is 0.375. The van der Waals surface area contributed by atoms with E-state index in [0.29, 0.717) is 13.0 Å². The molecular weight excluding hydrogens is 336 g/mol. The summed E-state index contributed by atoms with van der Waals surface area (Å²) in [6.07, 6.45) is 2.78. The first-order valence-corrected chi connectivity index (χ1v) is 10.9. The lowest BCUT2D eigenvalue weighted by Crippen LogP contribution is -2.43. The lowest BCUT2D eigenvalue weighted by atomic mass is 10.2. The Balaban J connectivity index is 2.41. The van der Waals surface area contributed by atoms with E-state index in [4.69, 9.17) is 0 Å². The molecule has 25 heavy (non-hydrogen) atoms. The summed E-state index contributed by atoms with van der Waals surface area (Å²) in [6.45, 7) is 6.40. The van der Waals surface area contributed by atoms with E-state index in [0.717, 1.165) is 25.5 Å². The maximum Gasteiger partial charge on any atom is 0.191 e. The molecule has 0 saturated carbocycles. The van der Waals surface area contributed by atoms with Gasteiger partial charge in [-0.1, -0.05) is 18.2 Å². The molecule has 0 bridgehead atoms. The Kier molecular flexibility index (Phi) is 9.34. The van der Waals surface area contributed by atoms with Gasteiger partial charge in [-0.25, -0.2) is 8.42 Å². The molecule has 0 fully saturated rings. The van der Waals surface area contributed by atoms with Gasteiger partial charge in [-0.05, 0) is 38.8 Å². The third-order valence-electron chi connectivity index (χ3n) is 3.77. The summed E-state index contributed by atoms with van der Waals surface area (Å²) in [5, 5.41) is 6.48. The summed E-state index contributed by atoms with van der Waals surface area (Å²) in [5.74, 6) is 0.925. The first-order valence-electron chi connectivity index (χ1n) is 8.80. The zero-order chi connectivity index (χ0) is 18.7. The molecule has 1 atom stereocenters. The van der Waals surface area contributed by atoms with Crippen LogP contribution in [0.1, 0.15) is 26.7 Å². The van der Waals surface area contributed by atoms with Crippen LogP contribution in [0.25, 0.3) is 0 Å². The van der Waals surface area contributed by atoms with E-state index < -0.39 is 9.84 Å². The summed E-state index contributed by atoms with van der Waals surface area (Å²) >= 11 is 0. The Morgan fingerprint density at radius 2 is 1.96 bits per heavy atom. The van der Waals surface area contributed by atoms with Crippen molar-refractivity contribution in [2.24, 2.45) is 4.99 Å². The predicted molar refractivity (Wildman–Crippen MR) is 107 cm³/mol. The predicted octanol–water partition coefficient (Wildman–Crippen LogP) is 1.89. The minimum absolute atomic E-state index is 0.0551. The zero-order valence-corrected chi connectivity index (χ0v) is 16.6. The Morgan fingerprint density at radius 3 is 2.56 bits per heavy atom. The van der Waals surface area contributed by atoms with E-state index in [2.05, 4.69) is 39.7 Å². The number of guanidine groups is 1. The maximum absolute atomic E-state index is 11.3. The fourth-order valence-electron chi connectivity index (χ4n) is 2.33. The molecule has 0 aliphatic carbocycles. The smallest absolute Gasteiger partial charge is 0.191 e. The van der Waals surface area contributed by atoms with Crippen molar-refractivity contribution in [1.82, 2.24) is 10.6 Å². The number of aliphatic imine (C=N–C) groups is 1. The number of sulfone groups is 1. The van der Waals surface area contributed by atoms with Crippen molar-refractivity contribution in [3.05, 3.63) is 30.3 Å². The van der Waals surface area contributed by atoms with Gasteiger partial charge in [0.1, 0.15) is 9.84 Å². The Hall–Kier alpha value is -1.76. The van der Waals surface area contributed by atoms with Crippen molar-refractivity contribution in [3.63, 3.8) is 0 Å². The minimum Gasteiger partial charge on any atom is -0.375 e. The van der Waals surface area contributed by atoms with Gasteiger partial charge < -0.3 is 15.5 Å². The summed E-state index contributed by atoms with van der Waals surface area (Å²) in [4.78, 5) is 6.79. The zero-order valence-electron chi connectivity index (χ0n) is 15.8. The van der Waals surface area contributed by atoms with Crippen LogP contribution < -0.4 is 15.5 Å². The van der Waals surface area contributed by atoms with Crippen molar-refractivity contribution in [3.8, 4) is 0 Å². The number of rotatable bonds is 10. The van der Waals surface area contributed by atoms with Crippen LogP contribution in [0.4, 0.5) is 5.69 Å². The van der Waals surface area contributed by atoms with Gasteiger partial charge in [0.2, 0.25) is 0 Å². The highest BCUT2D eigenvalue weighted by Crippen LogP contribution is 2.10. The second-order valence-electron chi connectivity index (χ2n) is 6.34. The molecule has 6 nitrogen and oxygen atoms in total. The summed E-state index contributed by atoms with van der Waals surface area (Å²) in [7, 11) is -0.851. The van der Waals surface area contributed by atoms with Crippen LogP contribution in [0.15, 0.2) is 35.3 Å². The molecule has 0 aromatic heterocycles. The van der Waals surface area contributed by atoms with Crippen LogP contribution in [0.3, 0.4) is 0 Å². The molecule has 1 rings (SSSR count). The molecule has 7 heteroatoms. The van der Waals surface area contributed by atoms with Gasteiger partial charge in [0, 0.05) is 44.7 Å². The van der Waals surface area contributed by atoms with Crippen molar-refractivity contribution in [2.45, 2.75) is 32.7 Å². The monoisotopic (exact) mass is 368 g/mol. The number of anilines is 1. The summed E-state index contributed by atoms with van der Waals surface area (Å²) < 4.78 is 22.5. The van der Waals surface area contributed by atoms with Gasteiger partial charge in [-0.15, -0.1) is 0 Å². The Bertz CT molecular complexity index is 617. The Labute approximate surface area is 152 Å². The highest BCUT2D eigenvalue weighted by molar-refractivity contribution is 7.90. The number of hydrogen-bond acceptors (Lipinski definition) is 4. The van der Waals surface area contributed by atoms with Gasteiger partial charge in [-0.2, -0.15) is 0 Å². The van der Waals surface area contributed by atoms with Gasteiger partial charge in [0.05, 0.1) is 5.75 Å². The van der Waals surface area contributed by atoms with E-state index >= 15 is 0 Å². The third kappa shape index (κ3) is 9.96. The number of nitrogens with zero attached hydrogens (tertiary/aromatic N) is 2. The van der Waals surface area contributed by atoms with Crippen molar-refractivity contribution >= 4 is 21.5 Å². The molecule has 142 valence electrons. The molecule has 1 aromatic rings. The highest BCUT2D eigenvalue weighted by Gasteiger charge is 2.09. The summed E-state index contributed by atoms with van der Waals surface area (Å²) in [6, 6.07) is 10.3. The topological polar surface area (TPSA) is 73.8 Å². The number of benzene rings is 1. The first kappa shape index (κ1) is 21.3. The van der Waals surface area contributed by atoms with E-state index in [1.807, 2.05) is 32.0 Å². The molecule has 0 saturated heterocycles. The maximum atomic E-state index is 11.3. The first-order chi connectivity index (χ1) is 11.8. The fraction of sp³-hybridized carbons (Fsp3) is 0.611. The molecule has 0 aliphatic rings. The van der Waals surface area contributed by atoms with Gasteiger partial charge >= 0.3 is 0 Å². The normalized spacial score (nSPS) is 13.4. The van der Waals surface area contributed by atoms with Crippen LogP contribution in [-0.4, -0.2) is 59.1 Å². The second-order valence-corrected chi connectivity index (χ2v) is 8.60. The highest BCUT2D eigenvalue weighted by atomic mass is 32.2. The largest absolute Gasteiger partial charge is 0.375 e. The van der Waals surface area contributed by atoms with Crippen LogP contribution in [0.5, 0.6) is 0 Å². The van der Waals surface area contributed by atoms with Crippen LogP contribution in [0, 0.1) is 0 Å². The lowest BCUT2D eigenvalue weighted by Gasteiger charge is -2.19. The summed E-state index contributed by atoms with van der Waals surface area (Å²) in [5.41, 5.74) is 1.20. The fourth-order valence-corrected chi connectivity index (χ4v) is 3.11. The second kappa shape index (κ2) is 11.0. The molecule has 2 N–H and O–H groups in total. The number of hydrogen-bond donors (Lipinski definition) is 2. The molecular formula is C18H32N4O2S. The van der Waals surface area contributed by atoms with Crippen LogP contribution in [0.2, 0.25) is 0 Å². The average Bonchev–Trinajstić information content (AvgIpc) is 2.57. The van der Waals surface area contributed by atoms with Crippen molar-refractivity contribution < 1.29 is 8.42 Å². The van der Waals surface area contributed by atoms with Crippen molar-refractivity contribution in [1.29, 1.82) is 0 Å². The lowest BCUT2D eigenvalue weighted by molar-refractivity contribution is 0.581. The molecule has 0 aliphatic heterocycles. The minimum atomic E-state index is -2.93. The molecule has 1 aromatic carbocycles. The molecule has 1 unspecified atom stereocenters. The third-order valence-corrected chi connectivity index (χ3v) is 4.74. The average molecular weight is 369 g/mol. The molecule has 0 amide bonds. The number of nitrogens with one attached hydrogen (secondary N) is 2. The number of para-hydroxylation sites is 1. The van der Waals surface area contributed by atoms with Crippen LogP contribution in [-0.2, 0) is 9.84 Å².